The van der Waals surface area contributed by atoms with Gasteiger partial charge in [-0.1, -0.05) is 129 Å². The maximum Gasteiger partial charge on any atom is 0.176 e. The highest BCUT2D eigenvalue weighted by atomic mass is 14.4. The third-order valence-electron chi connectivity index (χ3n) is 9.35. The monoisotopic (exact) mass is 460 g/mol. The Morgan fingerprint density at radius 2 is 1.22 bits per heavy atom. The molecular weight excluding hydrogens is 428 g/mol. The van der Waals surface area contributed by atoms with Crippen LogP contribution < -0.4 is 21.9 Å². The van der Waals surface area contributed by atoms with Crippen molar-refractivity contribution in [1.82, 2.24) is 0 Å². The number of rotatable bonds is 3. The van der Waals surface area contributed by atoms with Gasteiger partial charge in [0.15, 0.2) is 6.71 Å². The van der Waals surface area contributed by atoms with Crippen molar-refractivity contribution < 1.29 is 0 Å². The third-order valence-corrected chi connectivity index (χ3v) is 9.35. The molecule has 6 radical (unpaired) electrons. The molecular formula is C32H32B4. The van der Waals surface area contributed by atoms with Crippen LogP contribution >= 0.6 is 0 Å². The van der Waals surface area contributed by atoms with Gasteiger partial charge in [-0.05, 0) is 57.7 Å². The standard InChI is InChI=1S/C32H32B4/c1-19-27(30(35)29(34)20(2)28(19)33)26-15-14-23(24-12-7-8-13-25(24)26)21-10-9-11-22(16-21)36-17-31(3,4)32(5,6)18-36/h7-16H,17-18H2,1-6H3. The molecule has 0 bridgehead atoms. The van der Waals surface area contributed by atoms with Crippen LogP contribution in [0.3, 0.4) is 0 Å². The predicted octanol–water partition coefficient (Wildman–Crippen LogP) is 4.94. The summed E-state index contributed by atoms with van der Waals surface area (Å²) in [6, 6.07) is 22.1. The molecule has 172 valence electrons. The Balaban J connectivity index is 1.66. The van der Waals surface area contributed by atoms with Gasteiger partial charge < -0.3 is 0 Å². The van der Waals surface area contributed by atoms with Crippen molar-refractivity contribution in [3.63, 3.8) is 0 Å². The van der Waals surface area contributed by atoms with E-state index in [9.17, 15) is 0 Å². The molecule has 1 aliphatic heterocycles. The topological polar surface area (TPSA) is 0 Å². The van der Waals surface area contributed by atoms with Crippen LogP contribution in [0.15, 0.2) is 60.7 Å². The van der Waals surface area contributed by atoms with Gasteiger partial charge in [0.25, 0.3) is 0 Å². The van der Waals surface area contributed by atoms with Gasteiger partial charge in [0.2, 0.25) is 0 Å². The van der Waals surface area contributed by atoms with Crippen LogP contribution in [0.25, 0.3) is 33.0 Å². The van der Waals surface area contributed by atoms with Crippen LogP contribution in [0.2, 0.25) is 12.6 Å². The van der Waals surface area contributed by atoms with Crippen molar-refractivity contribution in [3.8, 4) is 22.3 Å². The fourth-order valence-electron chi connectivity index (χ4n) is 6.27. The van der Waals surface area contributed by atoms with Crippen LogP contribution in [0, 0.1) is 24.7 Å². The summed E-state index contributed by atoms with van der Waals surface area (Å²) in [4.78, 5) is 0. The lowest BCUT2D eigenvalue weighted by Gasteiger charge is -2.35. The largest absolute Gasteiger partial charge is 0.176 e. The predicted molar refractivity (Wildman–Crippen MR) is 163 cm³/mol. The second kappa shape index (κ2) is 8.76. The van der Waals surface area contributed by atoms with Crippen molar-refractivity contribution in [2.45, 2.75) is 54.2 Å². The molecule has 0 aliphatic carbocycles. The summed E-state index contributed by atoms with van der Waals surface area (Å²) in [7, 11) is 19.4. The maximum atomic E-state index is 6.58. The maximum absolute atomic E-state index is 6.58. The Kier molecular flexibility index (Phi) is 6.10. The first kappa shape index (κ1) is 25.1. The second-order valence-corrected chi connectivity index (χ2v) is 12.1. The van der Waals surface area contributed by atoms with Crippen molar-refractivity contribution in [1.29, 1.82) is 0 Å². The highest BCUT2D eigenvalue weighted by molar-refractivity contribution is 6.74. The molecule has 0 nitrogen and oxygen atoms in total. The molecule has 0 saturated carbocycles. The summed E-state index contributed by atoms with van der Waals surface area (Å²) in [6.45, 7) is 14.2. The minimum Gasteiger partial charge on any atom is -0.101 e. The van der Waals surface area contributed by atoms with Crippen molar-refractivity contribution in [2.24, 2.45) is 10.8 Å². The first-order valence-electron chi connectivity index (χ1n) is 13.0. The average Bonchev–Trinajstić information content (AvgIpc) is 3.08. The fraction of sp³-hybridized carbons (Fsp3) is 0.312. The lowest BCUT2D eigenvalue weighted by atomic mass is 9.42. The summed E-state index contributed by atoms with van der Waals surface area (Å²) < 4.78 is 0. The Morgan fingerprint density at radius 1 is 0.639 bits per heavy atom. The molecule has 0 spiro atoms. The number of hydrogen-bond acceptors (Lipinski definition) is 0. The molecule has 0 N–H and O–H groups in total. The Bertz CT molecular complexity index is 1450. The summed E-state index contributed by atoms with van der Waals surface area (Å²) in [5.41, 5.74) is 10.3. The molecule has 1 aliphatic rings. The molecule has 1 saturated heterocycles. The smallest absolute Gasteiger partial charge is 0.101 e. The van der Waals surface area contributed by atoms with E-state index in [4.69, 9.17) is 23.5 Å². The van der Waals surface area contributed by atoms with E-state index < -0.39 is 0 Å². The van der Waals surface area contributed by atoms with E-state index >= 15 is 0 Å². The van der Waals surface area contributed by atoms with Crippen LogP contribution in [-0.2, 0) is 0 Å². The van der Waals surface area contributed by atoms with Gasteiger partial charge in [-0.2, -0.15) is 0 Å². The van der Waals surface area contributed by atoms with Crippen molar-refractivity contribution in [2.75, 3.05) is 0 Å². The molecule has 1 heterocycles. The normalized spacial score (nSPS) is 16.6. The summed E-state index contributed by atoms with van der Waals surface area (Å²) >= 11 is 0. The molecule has 0 unspecified atom stereocenters. The molecule has 4 aromatic rings. The van der Waals surface area contributed by atoms with Gasteiger partial charge >= 0.3 is 0 Å². The average molecular weight is 460 g/mol. The number of fused-ring (bicyclic) bond motifs is 1. The number of hydrogen-bond donors (Lipinski definition) is 0. The van der Waals surface area contributed by atoms with Crippen LogP contribution in [0.4, 0.5) is 0 Å². The van der Waals surface area contributed by atoms with E-state index in [0.29, 0.717) is 33.9 Å². The zero-order chi connectivity index (χ0) is 26.0. The third kappa shape index (κ3) is 3.89. The lowest BCUT2D eigenvalue weighted by Crippen LogP contribution is -2.37. The summed E-state index contributed by atoms with van der Waals surface area (Å²) in [5, 5.41) is 2.36. The Hall–Kier alpha value is -2.60. The molecule has 0 aromatic heterocycles. The highest BCUT2D eigenvalue weighted by Crippen LogP contribution is 2.52. The minimum absolute atomic E-state index is 0.331. The first-order valence-corrected chi connectivity index (χ1v) is 13.0. The van der Waals surface area contributed by atoms with Gasteiger partial charge in [-0.25, -0.2) is 0 Å². The van der Waals surface area contributed by atoms with E-state index in [-0.39, 0.29) is 0 Å². The summed E-state index contributed by atoms with van der Waals surface area (Å²) in [5.74, 6) is 0. The van der Waals surface area contributed by atoms with E-state index in [1.165, 1.54) is 34.6 Å². The Labute approximate surface area is 221 Å². The molecule has 36 heavy (non-hydrogen) atoms. The van der Waals surface area contributed by atoms with Gasteiger partial charge in [0, 0.05) is 0 Å². The van der Waals surface area contributed by atoms with E-state index in [1.54, 1.807) is 0 Å². The molecule has 4 heteroatoms. The lowest BCUT2D eigenvalue weighted by molar-refractivity contribution is 0.177. The first-order chi connectivity index (χ1) is 16.9. The zero-order valence-electron chi connectivity index (χ0n) is 22.5. The van der Waals surface area contributed by atoms with Crippen LogP contribution in [0.1, 0.15) is 38.8 Å². The van der Waals surface area contributed by atoms with Gasteiger partial charge in [-0.15, -0.1) is 5.46 Å². The molecule has 5 rings (SSSR count). The quantitative estimate of drug-likeness (QED) is 0.381. The van der Waals surface area contributed by atoms with Crippen LogP contribution in [0.5, 0.6) is 0 Å². The summed E-state index contributed by atoms with van der Waals surface area (Å²) in [6.07, 6.45) is 2.44. The van der Waals surface area contributed by atoms with Gasteiger partial charge in [0.1, 0.15) is 23.5 Å². The minimum atomic E-state index is 0.331. The fourth-order valence-corrected chi connectivity index (χ4v) is 6.27. The van der Waals surface area contributed by atoms with Crippen molar-refractivity contribution >= 4 is 62.9 Å². The number of benzene rings is 4. The molecule has 4 aromatic carbocycles. The van der Waals surface area contributed by atoms with Gasteiger partial charge in [0.05, 0.1) is 0 Å². The molecule has 0 amide bonds. The second-order valence-electron chi connectivity index (χ2n) is 12.1. The zero-order valence-corrected chi connectivity index (χ0v) is 22.5. The van der Waals surface area contributed by atoms with E-state index in [2.05, 4.69) is 88.4 Å². The van der Waals surface area contributed by atoms with Crippen molar-refractivity contribution in [3.05, 3.63) is 71.8 Å². The van der Waals surface area contributed by atoms with Gasteiger partial charge in [-0.3, -0.25) is 0 Å². The SMILES string of the molecule is [B]c1c([B])c(-c2ccc(-c3cccc(B4CC(C)(C)C(C)(C)C4)c3)c3ccccc23)c(C)c([B])c1C. The highest BCUT2D eigenvalue weighted by Gasteiger charge is 2.48. The Morgan fingerprint density at radius 3 is 1.86 bits per heavy atom. The molecule has 0 atom stereocenters. The molecule has 1 fully saturated rings. The van der Waals surface area contributed by atoms with Crippen LogP contribution in [-0.4, -0.2) is 30.3 Å². The van der Waals surface area contributed by atoms with E-state index in [1.807, 2.05) is 13.8 Å². The van der Waals surface area contributed by atoms with E-state index in [0.717, 1.165) is 27.6 Å².